The van der Waals surface area contributed by atoms with Crippen molar-refractivity contribution in [2.45, 2.75) is 253 Å². The summed E-state index contributed by atoms with van der Waals surface area (Å²) in [7, 11) is 0. The smallest absolute Gasteiger partial charge is 0.00201 e. The van der Waals surface area contributed by atoms with Crippen LogP contribution in [0.1, 0.15) is 250 Å². The van der Waals surface area contributed by atoms with Crippen LogP contribution in [0, 0.1) is 13.8 Å². The Morgan fingerprint density at radius 2 is 0.370 bits per heavy atom. The summed E-state index contributed by atoms with van der Waals surface area (Å²) in [6.07, 6.45) is 18.1. The van der Waals surface area contributed by atoms with Gasteiger partial charge in [0, 0.05) is 0 Å². The second-order valence-corrected chi connectivity index (χ2v) is 41.6. The molecule has 3 aliphatic carbocycles. The molecule has 0 radical (unpaired) electrons. The Hall–Kier alpha value is -14.0. The molecule has 3 aliphatic rings. The van der Waals surface area contributed by atoms with E-state index in [9.17, 15) is 0 Å². The van der Waals surface area contributed by atoms with E-state index in [1.165, 1.54) is 315 Å². The number of hydrogen-bond acceptors (Lipinski definition) is 0. The van der Waals surface area contributed by atoms with Crippen molar-refractivity contribution < 1.29 is 0 Å². The van der Waals surface area contributed by atoms with Gasteiger partial charge in [0.15, 0.2) is 0 Å². The zero-order valence-corrected chi connectivity index (χ0v) is 90.1. The van der Waals surface area contributed by atoms with Gasteiger partial charge in [-0.25, -0.2) is 0 Å². The second-order valence-electron chi connectivity index (χ2n) is 41.6. The summed E-state index contributed by atoms with van der Waals surface area (Å²) in [6.45, 7) is 43.9. The molecule has 20 aromatic carbocycles. The molecule has 0 aliphatic heterocycles. The van der Waals surface area contributed by atoms with E-state index in [1.54, 1.807) is 0 Å². The van der Waals surface area contributed by atoms with Crippen molar-refractivity contribution in [3.05, 3.63) is 404 Å². The van der Waals surface area contributed by atoms with E-state index >= 15 is 0 Å². The van der Waals surface area contributed by atoms with Crippen molar-refractivity contribution in [1.82, 2.24) is 0 Å². The lowest BCUT2D eigenvalue weighted by Gasteiger charge is -2.25. The molecule has 0 bridgehead atoms. The van der Waals surface area contributed by atoms with E-state index in [0.717, 1.165) is 109 Å². The predicted molar refractivity (Wildman–Crippen MR) is 639 cm³/mol. The molecule has 146 heavy (non-hydrogen) atoms. The number of fused-ring (bicyclic) bond motifs is 12. The molecule has 0 saturated heterocycles. The molecular formula is C146H144. The summed E-state index contributed by atoms with van der Waals surface area (Å²) in [5.41, 5.74) is 63.0. The first kappa shape index (κ1) is 98.0. The maximum absolute atomic E-state index is 2.59. The summed E-state index contributed by atoms with van der Waals surface area (Å²) in [5, 5.41) is 16.4. The van der Waals surface area contributed by atoms with Crippen molar-refractivity contribution in [1.29, 1.82) is 0 Å². The van der Waals surface area contributed by atoms with Gasteiger partial charge in [0.05, 0.1) is 0 Å². The fraction of sp³-hybridized carbons (Fsp3) is 0.260. The minimum Gasteiger partial charge on any atom is -0.0648 e. The lowest BCUT2D eigenvalue weighted by molar-refractivity contribution is 0.626. The van der Waals surface area contributed by atoms with E-state index in [-0.39, 0.29) is 0 Å². The Morgan fingerprint density at radius 1 is 0.151 bits per heavy atom. The third kappa shape index (κ3) is 16.6. The molecule has 23 rings (SSSR count). The van der Waals surface area contributed by atoms with E-state index in [4.69, 9.17) is 0 Å². The number of benzene rings is 20. The number of aryl methyl sites for hydroxylation is 15. The van der Waals surface area contributed by atoms with Crippen molar-refractivity contribution in [2.75, 3.05) is 0 Å². The molecule has 0 nitrogen and oxygen atoms in total. The fourth-order valence-corrected chi connectivity index (χ4v) is 26.6. The highest BCUT2D eigenvalue weighted by Crippen LogP contribution is 2.59. The second kappa shape index (κ2) is 41.5. The van der Waals surface area contributed by atoms with Crippen LogP contribution in [0.4, 0.5) is 0 Å². The molecular weight excluding hydrogens is 1750 g/mol. The zero-order valence-electron chi connectivity index (χ0n) is 90.1. The van der Waals surface area contributed by atoms with Crippen LogP contribution in [0.25, 0.3) is 220 Å². The zero-order chi connectivity index (χ0) is 101. The average Bonchev–Trinajstić information content (AvgIpc) is 1.56. The molecule has 0 spiro atoms. The Labute approximate surface area is 870 Å². The van der Waals surface area contributed by atoms with Crippen LogP contribution in [0.5, 0.6) is 0 Å². The average molecular weight is 1900 g/mol. The Morgan fingerprint density at radius 3 is 0.651 bits per heavy atom. The van der Waals surface area contributed by atoms with Gasteiger partial charge in [0.2, 0.25) is 0 Å². The van der Waals surface area contributed by atoms with Crippen molar-refractivity contribution in [2.24, 2.45) is 0 Å². The first-order chi connectivity index (χ1) is 71.5. The fourth-order valence-electron chi connectivity index (χ4n) is 26.6. The van der Waals surface area contributed by atoms with Gasteiger partial charge in [0.1, 0.15) is 0 Å². The van der Waals surface area contributed by atoms with Gasteiger partial charge in [-0.3, -0.25) is 0 Å². The number of rotatable bonds is 27. The Balaban J connectivity index is 0.000000130. The topological polar surface area (TPSA) is 0 Å². The van der Waals surface area contributed by atoms with E-state index in [2.05, 4.69) is 441 Å². The third-order valence-electron chi connectivity index (χ3n) is 34.2. The maximum atomic E-state index is 2.59. The normalized spacial score (nSPS) is 12.0. The van der Waals surface area contributed by atoms with E-state index in [0.29, 0.717) is 11.8 Å². The van der Waals surface area contributed by atoms with Crippen LogP contribution in [0.2, 0.25) is 0 Å². The third-order valence-corrected chi connectivity index (χ3v) is 34.2. The van der Waals surface area contributed by atoms with Crippen LogP contribution in [0.3, 0.4) is 0 Å². The van der Waals surface area contributed by atoms with Crippen LogP contribution >= 0.6 is 0 Å². The lowest BCUT2D eigenvalue weighted by Crippen LogP contribution is -2.05. The van der Waals surface area contributed by atoms with Crippen LogP contribution < -0.4 is 0 Å². The summed E-state index contributed by atoms with van der Waals surface area (Å²) >= 11 is 0. The lowest BCUT2D eigenvalue weighted by atomic mass is 9.79. The van der Waals surface area contributed by atoms with Crippen LogP contribution in [-0.4, -0.2) is 0 Å². The summed E-state index contributed by atoms with van der Waals surface area (Å²) in [6, 6.07) is 121. The molecule has 0 atom stereocenters. The summed E-state index contributed by atoms with van der Waals surface area (Å²) in [4.78, 5) is 0. The van der Waals surface area contributed by atoms with Gasteiger partial charge in [-0.15, -0.1) is 0 Å². The SMILES string of the molecule is CCC(CC)c1cccc(C(CC)CC)c1-c1ccc2c3c(cccc13)-c1cc3c(-c4ccccc4C)ccc(-c4ccccc4C)c3cc1-2.CCc1cc(CC)c(-c2ccc(-c3c(CC)cc(CC)cc3CC)c3cc4c(cc23)-c2cccc3c(-c5c(CC)cc(CC)cc5CC)ccc-4c23)c(CC)c1.CCc1cccc(CC)c1-c1ccc(-c2c(CC)cccc2CC)c2cc3c(cc12)-c1cccc2cccc-3c12. The molecule has 0 N–H and O–H groups in total. The van der Waals surface area contributed by atoms with Crippen LogP contribution in [-0.2, 0) is 83.5 Å². The number of hydrogen-bond donors (Lipinski definition) is 0. The Kier molecular flexibility index (Phi) is 27.8. The van der Waals surface area contributed by atoms with Gasteiger partial charge < -0.3 is 0 Å². The van der Waals surface area contributed by atoms with Gasteiger partial charge in [0.25, 0.3) is 0 Å². The quantitative estimate of drug-likeness (QED) is 0.0481. The highest BCUT2D eigenvalue weighted by atomic mass is 14.4. The highest BCUT2D eigenvalue weighted by Gasteiger charge is 2.34. The summed E-state index contributed by atoms with van der Waals surface area (Å²) in [5.74, 6) is 1.09. The van der Waals surface area contributed by atoms with Crippen molar-refractivity contribution in [3.8, 4) is 156 Å². The molecule has 0 amide bonds. The minimum absolute atomic E-state index is 0.546. The molecule has 0 saturated carbocycles. The molecule has 0 aromatic heterocycles. The van der Waals surface area contributed by atoms with E-state index < -0.39 is 0 Å². The largest absolute Gasteiger partial charge is 0.0648 e. The van der Waals surface area contributed by atoms with E-state index in [1.807, 2.05) is 0 Å². The van der Waals surface area contributed by atoms with Gasteiger partial charge in [-0.2, -0.15) is 0 Å². The monoisotopic (exact) mass is 1900 g/mol. The standard InChI is InChI=1S/C56H60.C50H48.C40H36/c1-10-34-26-37(13-4)53(38(14-5)27-34)45-22-25-48-52-33-51-47(55-41(17-8)30-36(12-3)31-42(55)18-9)24-23-46(54-39(15-6)28-35(11-2)29-40(54)16-7)50(51)32-49(52)44-21-19-20-43(45)56(44)48;1-7-33(8-2)37-21-15-22-38(34(9-3)10-4)49(37)43-27-28-44-48-30-46-40(36-20-14-12-18-32(36)6)26-25-39(35-19-13-11-17-31(35)5)45(46)29-47(48)42-24-16-23-41(43)50(42)44;1-5-25-13-9-14-26(6-2)38(25)32-21-22-33(39-27(7-3)15-10-16-28(39)8-4)37-24-35-31-20-12-18-29-17-11-19-30(40(29)31)34(35)23-36(32)37/h19-33H,10-18H2,1-9H3;11-30,33-34H,7-10H2,1-6H3;9-24H,5-8H2,1-4H3. The summed E-state index contributed by atoms with van der Waals surface area (Å²) < 4.78 is 0. The molecule has 20 aromatic rings. The van der Waals surface area contributed by atoms with Crippen molar-refractivity contribution >= 4 is 64.6 Å². The maximum Gasteiger partial charge on any atom is -0.00201 e. The Bertz CT molecular complexity index is 8040. The molecule has 0 heteroatoms. The molecule has 0 heterocycles. The highest BCUT2D eigenvalue weighted by molar-refractivity contribution is 6.26. The molecule has 0 unspecified atom stereocenters. The van der Waals surface area contributed by atoms with Gasteiger partial charge in [-0.05, 0) is 486 Å². The minimum atomic E-state index is 0.546. The van der Waals surface area contributed by atoms with Gasteiger partial charge in [-0.1, -0.05) is 391 Å². The molecule has 0 fully saturated rings. The first-order valence-electron chi connectivity index (χ1n) is 55.9. The molecule has 728 valence electrons. The van der Waals surface area contributed by atoms with Crippen LogP contribution in [0.15, 0.2) is 309 Å². The van der Waals surface area contributed by atoms with Crippen molar-refractivity contribution in [3.63, 3.8) is 0 Å². The van der Waals surface area contributed by atoms with Gasteiger partial charge >= 0.3 is 0 Å². The first-order valence-corrected chi connectivity index (χ1v) is 55.9. The predicted octanol–water partition coefficient (Wildman–Crippen LogP) is 42.0.